The van der Waals surface area contributed by atoms with Crippen LogP contribution in [0.25, 0.3) is 0 Å². The van der Waals surface area contributed by atoms with Gasteiger partial charge in [0.05, 0.1) is 29.5 Å². The van der Waals surface area contributed by atoms with E-state index in [0.717, 1.165) is 11.3 Å². The number of benzene rings is 1. The number of hydrogen-bond acceptors (Lipinski definition) is 7. The maximum absolute atomic E-state index is 13.3. The van der Waals surface area contributed by atoms with Crippen molar-refractivity contribution in [3.8, 4) is 0 Å². The first-order chi connectivity index (χ1) is 17.5. The van der Waals surface area contributed by atoms with E-state index >= 15 is 0 Å². The van der Waals surface area contributed by atoms with E-state index in [9.17, 15) is 23.6 Å². The third kappa shape index (κ3) is 8.78. The monoisotopic (exact) mass is 570 g/mol. The second kappa shape index (κ2) is 15.4. The molecule has 3 amide bonds. The second-order valence-electron chi connectivity index (χ2n) is 9.04. The lowest BCUT2D eigenvalue weighted by molar-refractivity contribution is -0.122. The van der Waals surface area contributed by atoms with Gasteiger partial charge in [0, 0.05) is 13.1 Å². The van der Waals surface area contributed by atoms with Crippen LogP contribution in [-0.2, 0) is 14.3 Å². The molecule has 0 bridgehead atoms. The minimum atomic E-state index is -0.690. The highest BCUT2D eigenvalue weighted by molar-refractivity contribution is 7.18. The van der Waals surface area contributed by atoms with Gasteiger partial charge < -0.3 is 26.4 Å². The Balaban J connectivity index is 0.00000722. The number of carbonyl (C=O) groups excluding carboxylic acids is 4. The van der Waals surface area contributed by atoms with Crippen LogP contribution in [0.1, 0.15) is 70.7 Å². The summed E-state index contributed by atoms with van der Waals surface area (Å²) in [5.41, 5.74) is 6.94. The minimum absolute atomic E-state index is 0. The fourth-order valence-corrected chi connectivity index (χ4v) is 4.93. The summed E-state index contributed by atoms with van der Waals surface area (Å²) in [5, 5.41) is 8.33. The van der Waals surface area contributed by atoms with Gasteiger partial charge in [-0.3, -0.25) is 14.4 Å². The Morgan fingerprint density at radius 3 is 2.21 bits per heavy atom. The smallest absolute Gasteiger partial charge is 0.341 e. The molecule has 210 valence electrons. The van der Waals surface area contributed by atoms with Crippen molar-refractivity contribution in [3.63, 3.8) is 0 Å². The van der Waals surface area contributed by atoms with Gasteiger partial charge in [-0.2, -0.15) is 0 Å². The molecule has 0 spiro atoms. The summed E-state index contributed by atoms with van der Waals surface area (Å²) in [6.07, 6.45) is 0.993. The van der Waals surface area contributed by atoms with Crippen molar-refractivity contribution in [2.24, 2.45) is 11.7 Å². The molecule has 12 heteroatoms. The van der Waals surface area contributed by atoms with Crippen LogP contribution in [0.3, 0.4) is 0 Å². The number of rotatable bonds is 12. The lowest BCUT2D eigenvalue weighted by Gasteiger charge is -2.15. The van der Waals surface area contributed by atoms with Crippen molar-refractivity contribution in [2.75, 3.05) is 25.5 Å². The molecule has 5 N–H and O–H groups in total. The molecule has 2 rings (SSSR count). The van der Waals surface area contributed by atoms with Crippen LogP contribution in [0.2, 0.25) is 0 Å². The van der Waals surface area contributed by atoms with Gasteiger partial charge in [0.2, 0.25) is 11.8 Å². The average Bonchev–Trinajstić information content (AvgIpc) is 3.17. The number of nitrogens with two attached hydrogens (primary N) is 1. The lowest BCUT2D eigenvalue weighted by atomic mass is 9.95. The largest absolute Gasteiger partial charge is 0.465 e. The van der Waals surface area contributed by atoms with Crippen molar-refractivity contribution in [1.82, 2.24) is 10.6 Å². The standard InChI is InChI=1S/C26H35FN4O5S.ClH/c1-6-18(16-7-9-17(27)10-8-16)22(32)31-25-20(26(35)36-5)15(4)21(37-25)24(34)30-12-11-29-23(33)19(28)13-14(2)3;/h7-10,14,18-19H,6,11-13,28H2,1-5H3,(H,29,33)(H,30,34)(H,31,32);1H. The quantitative estimate of drug-likeness (QED) is 0.226. The van der Waals surface area contributed by atoms with Gasteiger partial charge in [-0.15, -0.1) is 23.7 Å². The van der Waals surface area contributed by atoms with Gasteiger partial charge in [-0.1, -0.05) is 32.9 Å². The second-order valence-corrected chi connectivity index (χ2v) is 10.1. The molecule has 1 heterocycles. The average molecular weight is 571 g/mol. The van der Waals surface area contributed by atoms with E-state index in [4.69, 9.17) is 10.5 Å². The maximum Gasteiger partial charge on any atom is 0.341 e. The fraction of sp³-hybridized carbons (Fsp3) is 0.462. The third-order valence-electron chi connectivity index (χ3n) is 5.75. The van der Waals surface area contributed by atoms with E-state index in [0.29, 0.717) is 24.0 Å². The number of amides is 3. The molecule has 9 nitrogen and oxygen atoms in total. The van der Waals surface area contributed by atoms with Crippen LogP contribution in [0.5, 0.6) is 0 Å². The maximum atomic E-state index is 13.3. The molecule has 0 aliphatic rings. The first-order valence-electron chi connectivity index (χ1n) is 12.1. The van der Waals surface area contributed by atoms with Crippen molar-refractivity contribution in [3.05, 3.63) is 51.7 Å². The topological polar surface area (TPSA) is 140 Å². The number of nitrogens with one attached hydrogen (secondary N) is 3. The number of carbonyl (C=O) groups is 4. The molecule has 0 radical (unpaired) electrons. The number of esters is 1. The molecular formula is C26H36ClFN4O5S. The van der Waals surface area contributed by atoms with E-state index in [-0.39, 0.29) is 52.8 Å². The summed E-state index contributed by atoms with van der Waals surface area (Å²) in [6, 6.07) is 5.02. The molecule has 0 saturated heterocycles. The van der Waals surface area contributed by atoms with Crippen LogP contribution >= 0.6 is 23.7 Å². The van der Waals surface area contributed by atoms with Crippen LogP contribution in [0.15, 0.2) is 24.3 Å². The van der Waals surface area contributed by atoms with Crippen LogP contribution in [0.4, 0.5) is 9.39 Å². The van der Waals surface area contributed by atoms with Gasteiger partial charge in [-0.05, 0) is 48.9 Å². The zero-order chi connectivity index (χ0) is 27.7. The molecule has 0 aliphatic heterocycles. The summed E-state index contributed by atoms with van der Waals surface area (Å²) in [4.78, 5) is 50.7. The van der Waals surface area contributed by atoms with Crippen molar-refractivity contribution < 1.29 is 28.3 Å². The first kappa shape index (κ1) is 33.0. The number of ether oxygens (including phenoxy) is 1. The Bertz CT molecular complexity index is 1120. The summed E-state index contributed by atoms with van der Waals surface area (Å²) in [7, 11) is 1.21. The lowest BCUT2D eigenvalue weighted by Crippen LogP contribution is -2.44. The molecule has 0 saturated carbocycles. The van der Waals surface area contributed by atoms with Gasteiger partial charge in [0.25, 0.3) is 5.91 Å². The number of hydrogen-bond donors (Lipinski definition) is 4. The molecule has 1 aromatic heterocycles. The van der Waals surface area contributed by atoms with Crippen LogP contribution in [-0.4, -0.2) is 49.9 Å². The molecule has 38 heavy (non-hydrogen) atoms. The van der Waals surface area contributed by atoms with Crippen molar-refractivity contribution in [2.45, 2.75) is 52.5 Å². The molecule has 0 fully saturated rings. The van der Waals surface area contributed by atoms with Gasteiger partial charge in [0.1, 0.15) is 10.8 Å². The van der Waals surface area contributed by atoms with Gasteiger partial charge in [-0.25, -0.2) is 9.18 Å². The molecule has 0 aliphatic carbocycles. The van der Waals surface area contributed by atoms with Crippen molar-refractivity contribution >= 4 is 52.4 Å². The Morgan fingerprint density at radius 2 is 1.66 bits per heavy atom. The van der Waals surface area contributed by atoms with Gasteiger partial charge >= 0.3 is 5.97 Å². The number of methoxy groups -OCH3 is 1. The highest BCUT2D eigenvalue weighted by atomic mass is 35.5. The van der Waals surface area contributed by atoms with E-state index in [1.54, 1.807) is 6.92 Å². The summed E-state index contributed by atoms with van der Waals surface area (Å²) in [5.74, 6) is -2.55. The Kier molecular flexibility index (Phi) is 13.4. The molecule has 2 atom stereocenters. The molecular weight excluding hydrogens is 535 g/mol. The zero-order valence-electron chi connectivity index (χ0n) is 22.2. The highest BCUT2D eigenvalue weighted by Crippen LogP contribution is 2.35. The van der Waals surface area contributed by atoms with Crippen molar-refractivity contribution in [1.29, 1.82) is 0 Å². The van der Waals surface area contributed by atoms with Crippen LogP contribution < -0.4 is 21.7 Å². The van der Waals surface area contributed by atoms with E-state index in [1.165, 1.54) is 31.4 Å². The summed E-state index contributed by atoms with van der Waals surface area (Å²) in [6.45, 7) is 7.69. The fourth-order valence-electron chi connectivity index (χ4n) is 3.82. The predicted molar refractivity (Wildman–Crippen MR) is 148 cm³/mol. The Morgan fingerprint density at radius 1 is 1.05 bits per heavy atom. The SMILES string of the molecule is CCC(C(=O)Nc1sc(C(=O)NCCNC(=O)C(N)CC(C)C)c(C)c1C(=O)OC)c1ccc(F)cc1.Cl. The Hall–Kier alpha value is -3.02. The number of halogens is 2. The van der Waals surface area contributed by atoms with Crippen LogP contribution in [0, 0.1) is 18.7 Å². The summed E-state index contributed by atoms with van der Waals surface area (Å²) >= 11 is 0.956. The minimum Gasteiger partial charge on any atom is -0.465 e. The predicted octanol–water partition coefficient (Wildman–Crippen LogP) is 3.76. The number of anilines is 1. The first-order valence-corrected chi connectivity index (χ1v) is 12.9. The van der Waals surface area contributed by atoms with E-state index in [2.05, 4.69) is 16.0 Å². The van der Waals surface area contributed by atoms with E-state index < -0.39 is 35.6 Å². The van der Waals surface area contributed by atoms with E-state index in [1.807, 2.05) is 20.8 Å². The molecule has 2 unspecified atom stereocenters. The summed E-state index contributed by atoms with van der Waals surface area (Å²) < 4.78 is 18.2. The normalized spacial score (nSPS) is 12.2. The van der Waals surface area contributed by atoms with Gasteiger partial charge in [0.15, 0.2) is 0 Å². The zero-order valence-corrected chi connectivity index (χ0v) is 23.8. The third-order valence-corrected chi connectivity index (χ3v) is 6.95. The highest BCUT2D eigenvalue weighted by Gasteiger charge is 2.28. The molecule has 1 aromatic carbocycles. The Labute approximate surface area is 232 Å². The molecule has 2 aromatic rings. The number of thiophene rings is 1.